The van der Waals surface area contributed by atoms with E-state index in [2.05, 4.69) is 0 Å². The molecule has 0 bridgehead atoms. The van der Waals surface area contributed by atoms with Gasteiger partial charge in [-0.3, -0.25) is 0 Å². The van der Waals surface area contributed by atoms with Crippen molar-refractivity contribution in [2.24, 2.45) is 0 Å². The number of fused-ring (bicyclic) bond motifs is 1. The van der Waals surface area contributed by atoms with Crippen LogP contribution >= 0.6 is 11.3 Å². The molecule has 0 amide bonds. The first-order chi connectivity index (χ1) is 10.6. The van der Waals surface area contributed by atoms with Crippen LogP contribution < -0.4 is 4.74 Å². The molecule has 0 spiro atoms. The van der Waals surface area contributed by atoms with Gasteiger partial charge in [-0.05, 0) is 59.0 Å². The molecule has 1 aromatic carbocycles. The SMILES string of the molecule is O=S(=O)(c1ccc2c(c1)CCO2)N(Cc1ccsc1)C1CC1. The summed E-state index contributed by atoms with van der Waals surface area (Å²) in [6.07, 6.45) is 2.70. The van der Waals surface area contributed by atoms with E-state index in [1.807, 2.05) is 16.8 Å². The summed E-state index contributed by atoms with van der Waals surface area (Å²) in [5, 5.41) is 4.00. The van der Waals surface area contributed by atoms with Gasteiger partial charge in [0.1, 0.15) is 5.75 Å². The molecule has 4 rings (SSSR count). The van der Waals surface area contributed by atoms with Gasteiger partial charge < -0.3 is 4.74 Å². The van der Waals surface area contributed by atoms with E-state index >= 15 is 0 Å². The van der Waals surface area contributed by atoms with Gasteiger partial charge in [0.05, 0.1) is 11.5 Å². The average Bonchev–Trinajstić information content (AvgIpc) is 3.02. The van der Waals surface area contributed by atoms with Gasteiger partial charge in [0.2, 0.25) is 10.0 Å². The lowest BCUT2D eigenvalue weighted by Gasteiger charge is -2.21. The fraction of sp³-hybridized carbons (Fsp3) is 0.375. The molecule has 0 saturated heterocycles. The Morgan fingerprint density at radius 3 is 2.86 bits per heavy atom. The van der Waals surface area contributed by atoms with Crippen LogP contribution in [0, 0.1) is 0 Å². The van der Waals surface area contributed by atoms with Crippen molar-refractivity contribution in [2.45, 2.75) is 36.7 Å². The van der Waals surface area contributed by atoms with Crippen molar-refractivity contribution in [3.05, 3.63) is 46.2 Å². The van der Waals surface area contributed by atoms with Gasteiger partial charge in [-0.2, -0.15) is 15.6 Å². The summed E-state index contributed by atoms with van der Waals surface area (Å²) < 4.78 is 33.2. The highest BCUT2D eigenvalue weighted by Gasteiger charge is 2.38. The van der Waals surface area contributed by atoms with Crippen molar-refractivity contribution >= 4 is 21.4 Å². The molecule has 2 heterocycles. The molecule has 4 nitrogen and oxygen atoms in total. The van der Waals surface area contributed by atoms with E-state index in [4.69, 9.17) is 4.74 Å². The molecule has 6 heteroatoms. The second kappa shape index (κ2) is 5.37. The maximum absolute atomic E-state index is 13.0. The molecule has 0 unspecified atom stereocenters. The van der Waals surface area contributed by atoms with Crippen molar-refractivity contribution in [3.8, 4) is 5.75 Å². The molecular formula is C16H17NO3S2. The number of thiophene rings is 1. The highest BCUT2D eigenvalue weighted by Crippen LogP contribution is 2.35. The number of hydrogen-bond donors (Lipinski definition) is 0. The summed E-state index contributed by atoms with van der Waals surface area (Å²) in [5.41, 5.74) is 2.05. The Bertz CT molecular complexity index is 780. The normalized spacial score (nSPS) is 17.5. The van der Waals surface area contributed by atoms with Gasteiger partial charge in [-0.15, -0.1) is 0 Å². The molecular weight excluding hydrogens is 318 g/mol. The second-order valence-corrected chi connectivity index (χ2v) is 8.45. The summed E-state index contributed by atoms with van der Waals surface area (Å²) in [6, 6.07) is 7.37. The predicted molar refractivity (Wildman–Crippen MR) is 85.7 cm³/mol. The van der Waals surface area contributed by atoms with Crippen LogP contribution in [-0.2, 0) is 23.0 Å². The summed E-state index contributed by atoms with van der Waals surface area (Å²) in [6.45, 7) is 1.10. The monoisotopic (exact) mass is 335 g/mol. The van der Waals surface area contributed by atoms with Crippen molar-refractivity contribution < 1.29 is 13.2 Å². The van der Waals surface area contributed by atoms with Crippen molar-refractivity contribution in [1.82, 2.24) is 4.31 Å². The predicted octanol–water partition coefficient (Wildman–Crippen LogP) is 3.04. The Kier molecular flexibility index (Phi) is 3.47. The van der Waals surface area contributed by atoms with E-state index in [9.17, 15) is 8.42 Å². The first kappa shape index (κ1) is 14.2. The van der Waals surface area contributed by atoms with Crippen molar-refractivity contribution in [3.63, 3.8) is 0 Å². The molecule has 1 saturated carbocycles. The van der Waals surface area contributed by atoms with Crippen LogP contribution in [0.25, 0.3) is 0 Å². The minimum Gasteiger partial charge on any atom is -0.493 e. The Balaban J connectivity index is 1.68. The molecule has 1 aliphatic carbocycles. The van der Waals surface area contributed by atoms with E-state index < -0.39 is 10.0 Å². The van der Waals surface area contributed by atoms with Crippen LogP contribution in [0.5, 0.6) is 5.75 Å². The highest BCUT2D eigenvalue weighted by molar-refractivity contribution is 7.89. The zero-order chi connectivity index (χ0) is 15.2. The Morgan fingerprint density at radius 1 is 1.27 bits per heavy atom. The quantitative estimate of drug-likeness (QED) is 0.844. The molecule has 0 atom stereocenters. The number of sulfonamides is 1. The van der Waals surface area contributed by atoms with Crippen molar-refractivity contribution in [2.75, 3.05) is 6.61 Å². The molecule has 116 valence electrons. The molecule has 1 fully saturated rings. The maximum Gasteiger partial charge on any atom is 0.243 e. The number of ether oxygens (including phenoxy) is 1. The highest BCUT2D eigenvalue weighted by atomic mass is 32.2. The van der Waals surface area contributed by atoms with Gasteiger partial charge in [0, 0.05) is 19.0 Å². The minimum absolute atomic E-state index is 0.148. The molecule has 0 N–H and O–H groups in total. The Labute approximate surface area is 134 Å². The first-order valence-electron chi connectivity index (χ1n) is 7.43. The van der Waals surface area contributed by atoms with Crippen LogP contribution in [0.3, 0.4) is 0 Å². The number of nitrogens with zero attached hydrogens (tertiary/aromatic N) is 1. The lowest BCUT2D eigenvalue weighted by molar-refractivity contribution is 0.356. The fourth-order valence-electron chi connectivity index (χ4n) is 2.79. The molecule has 1 aromatic heterocycles. The number of rotatable bonds is 5. The molecule has 22 heavy (non-hydrogen) atoms. The van der Waals surface area contributed by atoms with Gasteiger partial charge >= 0.3 is 0 Å². The van der Waals surface area contributed by atoms with Crippen LogP contribution in [0.15, 0.2) is 39.9 Å². The summed E-state index contributed by atoms with van der Waals surface area (Å²) in [4.78, 5) is 0.388. The van der Waals surface area contributed by atoms with E-state index in [-0.39, 0.29) is 6.04 Å². The first-order valence-corrected chi connectivity index (χ1v) is 9.81. The van der Waals surface area contributed by atoms with Crippen molar-refractivity contribution in [1.29, 1.82) is 0 Å². The lowest BCUT2D eigenvalue weighted by atomic mass is 10.2. The largest absolute Gasteiger partial charge is 0.493 e. The molecule has 2 aromatic rings. The standard InChI is InChI=1S/C16H17NO3S2/c18-22(19,15-3-4-16-13(9-15)5-7-20-16)17(14-1-2-14)10-12-6-8-21-11-12/h3-4,6,8-9,11,14H,1-2,5,7,10H2. The topological polar surface area (TPSA) is 46.6 Å². The van der Waals surface area contributed by atoms with Gasteiger partial charge in [-0.25, -0.2) is 8.42 Å². The van der Waals surface area contributed by atoms with Crippen LogP contribution in [0.2, 0.25) is 0 Å². The Morgan fingerprint density at radius 2 is 2.14 bits per heavy atom. The number of benzene rings is 1. The summed E-state index contributed by atoms with van der Waals surface area (Å²) in [5.74, 6) is 0.815. The third-order valence-electron chi connectivity index (χ3n) is 4.14. The zero-order valence-electron chi connectivity index (χ0n) is 12.1. The lowest BCUT2D eigenvalue weighted by Crippen LogP contribution is -2.32. The molecule has 2 aliphatic rings. The van der Waals surface area contributed by atoms with E-state index in [1.165, 1.54) is 0 Å². The molecule has 1 aliphatic heterocycles. The smallest absolute Gasteiger partial charge is 0.243 e. The maximum atomic E-state index is 13.0. The summed E-state index contributed by atoms with van der Waals surface area (Å²) >= 11 is 1.60. The fourth-order valence-corrected chi connectivity index (χ4v) is 5.18. The minimum atomic E-state index is -3.45. The molecule has 0 radical (unpaired) electrons. The van der Waals surface area contributed by atoms with Gasteiger partial charge in [-0.1, -0.05) is 0 Å². The zero-order valence-corrected chi connectivity index (χ0v) is 13.7. The van der Waals surface area contributed by atoms with Crippen LogP contribution in [0.4, 0.5) is 0 Å². The van der Waals surface area contributed by atoms with Crippen LogP contribution in [0.1, 0.15) is 24.0 Å². The summed E-state index contributed by atoms with van der Waals surface area (Å²) in [7, 11) is -3.45. The second-order valence-electron chi connectivity index (χ2n) is 5.78. The van der Waals surface area contributed by atoms with E-state index in [1.54, 1.807) is 33.8 Å². The third-order valence-corrected chi connectivity index (χ3v) is 6.77. The Hall–Kier alpha value is -1.37. The van der Waals surface area contributed by atoms with Gasteiger partial charge in [0.25, 0.3) is 0 Å². The third kappa shape index (κ3) is 2.55. The van der Waals surface area contributed by atoms with Gasteiger partial charge in [0.15, 0.2) is 0 Å². The average molecular weight is 335 g/mol. The van der Waals surface area contributed by atoms with E-state index in [0.717, 1.165) is 36.1 Å². The van der Waals surface area contributed by atoms with Crippen LogP contribution in [-0.4, -0.2) is 25.4 Å². The van der Waals surface area contributed by atoms with E-state index in [0.29, 0.717) is 18.0 Å². The number of hydrogen-bond acceptors (Lipinski definition) is 4.